The molecule has 1 saturated carbocycles. The molecule has 6 rings (SSSR count). The molecule has 1 N–H and O–H groups in total. The number of hydrogen-bond donors (Lipinski definition) is 1. The average Bonchev–Trinajstić information content (AvgIpc) is 3.21. The van der Waals surface area contributed by atoms with E-state index in [1.54, 1.807) is 29.2 Å². The van der Waals surface area contributed by atoms with Crippen LogP contribution in [0.1, 0.15) is 46.6 Å². The highest BCUT2D eigenvalue weighted by Crippen LogP contribution is 2.29. The predicted octanol–water partition coefficient (Wildman–Crippen LogP) is 3.59. The van der Waals surface area contributed by atoms with Crippen LogP contribution in [0.2, 0.25) is 0 Å². The van der Waals surface area contributed by atoms with Crippen LogP contribution in [0.15, 0.2) is 47.4 Å². The van der Waals surface area contributed by atoms with E-state index < -0.39 is 5.82 Å². The molecule has 1 aliphatic heterocycles. The van der Waals surface area contributed by atoms with Crippen molar-refractivity contribution in [2.24, 2.45) is 7.05 Å². The number of aromatic nitrogens is 4. The molecule has 10 heteroatoms. The molecule has 4 aromatic rings. The first kappa shape index (κ1) is 25.1. The van der Waals surface area contributed by atoms with Gasteiger partial charge in [0, 0.05) is 44.7 Å². The zero-order valence-corrected chi connectivity index (χ0v) is 22.3. The summed E-state index contributed by atoms with van der Waals surface area (Å²) in [7, 11) is 3.92. The largest absolute Gasteiger partial charge is 0.490 e. The standard InChI is InChI=1S/C29H31FN6O3/c1-17-14-31-29(34(17)2)35(3)19-15-36(16-19)28(38)24-11-18(7-10-25(24)30)12-26-23-13-21(39-20-5-4-6-20)8-9-22(23)27(37)33-32-26/h7-11,13-14,19-20H,4-6,12,15-16H2,1-3H3,(H,33,37). The molecule has 39 heavy (non-hydrogen) atoms. The normalized spacial score (nSPS) is 15.7. The van der Waals surface area contributed by atoms with E-state index in [2.05, 4.69) is 20.1 Å². The number of hydrogen-bond acceptors (Lipinski definition) is 6. The summed E-state index contributed by atoms with van der Waals surface area (Å²) in [6.45, 7) is 2.96. The molecule has 1 amide bonds. The summed E-state index contributed by atoms with van der Waals surface area (Å²) in [5.74, 6) is 0.634. The van der Waals surface area contributed by atoms with E-state index in [-0.39, 0.29) is 29.2 Å². The van der Waals surface area contributed by atoms with Crippen LogP contribution in [0.25, 0.3) is 10.8 Å². The van der Waals surface area contributed by atoms with E-state index in [1.807, 2.05) is 37.8 Å². The Bertz CT molecular complexity index is 1620. The number of carbonyl (C=O) groups is 1. The Labute approximate surface area is 225 Å². The minimum atomic E-state index is -0.559. The lowest BCUT2D eigenvalue weighted by Crippen LogP contribution is -2.60. The number of aromatic amines is 1. The highest BCUT2D eigenvalue weighted by Gasteiger charge is 2.36. The maximum absolute atomic E-state index is 14.8. The van der Waals surface area contributed by atoms with Crippen molar-refractivity contribution in [3.8, 4) is 5.75 Å². The van der Waals surface area contributed by atoms with Crippen molar-refractivity contribution >= 4 is 22.6 Å². The zero-order valence-electron chi connectivity index (χ0n) is 22.3. The van der Waals surface area contributed by atoms with Crippen molar-refractivity contribution in [2.75, 3.05) is 25.0 Å². The molecule has 2 fully saturated rings. The van der Waals surface area contributed by atoms with Gasteiger partial charge in [-0.25, -0.2) is 14.5 Å². The van der Waals surface area contributed by atoms with Gasteiger partial charge in [0.05, 0.1) is 35.0 Å². The number of nitrogens with zero attached hydrogens (tertiary/aromatic N) is 5. The minimum absolute atomic E-state index is 0.0316. The summed E-state index contributed by atoms with van der Waals surface area (Å²) in [5.41, 5.74) is 2.16. The third-order valence-corrected chi connectivity index (χ3v) is 8.04. The molecule has 0 spiro atoms. The number of rotatable bonds is 7. The first-order valence-corrected chi connectivity index (χ1v) is 13.3. The first-order chi connectivity index (χ1) is 18.8. The van der Waals surface area contributed by atoms with Crippen LogP contribution in [0.5, 0.6) is 5.75 Å². The summed E-state index contributed by atoms with van der Waals surface area (Å²) in [6.07, 6.45) is 5.57. The van der Waals surface area contributed by atoms with Gasteiger partial charge in [-0.3, -0.25) is 9.59 Å². The van der Waals surface area contributed by atoms with E-state index in [4.69, 9.17) is 4.74 Å². The lowest BCUT2D eigenvalue weighted by Gasteiger charge is -2.44. The van der Waals surface area contributed by atoms with Crippen LogP contribution in [-0.2, 0) is 13.5 Å². The number of amides is 1. The van der Waals surface area contributed by atoms with Gasteiger partial charge in [0.15, 0.2) is 0 Å². The Morgan fingerprint density at radius 1 is 1.18 bits per heavy atom. The SMILES string of the molecule is Cc1cnc(N(C)C2CN(C(=O)c3cc(Cc4n[nH]c(=O)c5ccc(OC6CCC6)cc45)ccc3F)C2)n1C. The third-order valence-electron chi connectivity index (χ3n) is 8.04. The van der Waals surface area contributed by atoms with Crippen molar-refractivity contribution in [1.82, 2.24) is 24.6 Å². The third kappa shape index (κ3) is 4.64. The molecular weight excluding hydrogens is 499 g/mol. The second-order valence-electron chi connectivity index (χ2n) is 10.6. The van der Waals surface area contributed by atoms with Gasteiger partial charge >= 0.3 is 0 Å². The molecule has 1 aliphatic carbocycles. The van der Waals surface area contributed by atoms with E-state index in [0.29, 0.717) is 41.7 Å². The number of aryl methyl sites for hydroxylation is 1. The van der Waals surface area contributed by atoms with Crippen LogP contribution < -0.4 is 15.2 Å². The lowest BCUT2D eigenvalue weighted by molar-refractivity contribution is 0.0597. The van der Waals surface area contributed by atoms with E-state index in [9.17, 15) is 14.0 Å². The van der Waals surface area contributed by atoms with E-state index in [0.717, 1.165) is 36.5 Å². The smallest absolute Gasteiger partial charge is 0.272 e. The fourth-order valence-electron chi connectivity index (χ4n) is 5.14. The number of anilines is 1. The molecule has 0 bridgehead atoms. The van der Waals surface area contributed by atoms with Gasteiger partial charge in [-0.15, -0.1) is 0 Å². The number of likely N-dealkylation sites (N-methyl/N-ethyl adjacent to an activating group) is 1. The first-order valence-electron chi connectivity index (χ1n) is 13.3. The van der Waals surface area contributed by atoms with Gasteiger partial charge in [-0.05, 0) is 62.1 Å². The van der Waals surface area contributed by atoms with Gasteiger partial charge in [-0.1, -0.05) is 6.07 Å². The fourth-order valence-corrected chi connectivity index (χ4v) is 5.14. The van der Waals surface area contributed by atoms with Crippen LogP contribution >= 0.6 is 0 Å². The summed E-state index contributed by atoms with van der Waals surface area (Å²) in [4.78, 5) is 33.8. The van der Waals surface area contributed by atoms with Gasteiger partial charge < -0.3 is 19.1 Å². The monoisotopic (exact) mass is 530 g/mol. The van der Waals surface area contributed by atoms with Crippen LogP contribution in [0.3, 0.4) is 0 Å². The molecule has 2 aromatic heterocycles. The second kappa shape index (κ2) is 9.83. The number of fused-ring (bicyclic) bond motifs is 1. The second-order valence-corrected chi connectivity index (χ2v) is 10.6. The maximum Gasteiger partial charge on any atom is 0.272 e. The molecule has 0 atom stereocenters. The molecule has 1 saturated heterocycles. The molecule has 9 nitrogen and oxygen atoms in total. The highest BCUT2D eigenvalue weighted by molar-refractivity contribution is 5.95. The maximum atomic E-state index is 14.8. The molecule has 0 radical (unpaired) electrons. The van der Waals surface area contributed by atoms with Crippen LogP contribution in [0.4, 0.5) is 10.3 Å². The van der Waals surface area contributed by atoms with Crippen molar-refractivity contribution in [3.05, 3.63) is 81.3 Å². The van der Waals surface area contributed by atoms with Crippen molar-refractivity contribution in [2.45, 2.75) is 44.8 Å². The Morgan fingerprint density at radius 3 is 2.67 bits per heavy atom. The topological polar surface area (TPSA) is 96.3 Å². The number of carbonyl (C=O) groups excluding carboxylic acids is 1. The van der Waals surface area contributed by atoms with Gasteiger partial charge in [0.1, 0.15) is 11.6 Å². The molecule has 202 valence electrons. The Morgan fingerprint density at radius 2 is 1.97 bits per heavy atom. The fraction of sp³-hybridized carbons (Fsp3) is 0.379. The number of benzene rings is 2. The zero-order chi connectivity index (χ0) is 27.3. The average molecular weight is 531 g/mol. The summed E-state index contributed by atoms with van der Waals surface area (Å²) < 4.78 is 22.9. The van der Waals surface area contributed by atoms with Gasteiger partial charge in [0.2, 0.25) is 5.95 Å². The quantitative estimate of drug-likeness (QED) is 0.392. The van der Waals surface area contributed by atoms with Crippen molar-refractivity contribution in [1.29, 1.82) is 0 Å². The van der Waals surface area contributed by atoms with Gasteiger partial charge in [0.25, 0.3) is 11.5 Å². The number of imidazole rings is 1. The van der Waals surface area contributed by atoms with Crippen molar-refractivity contribution in [3.63, 3.8) is 0 Å². The summed E-state index contributed by atoms with van der Waals surface area (Å²) in [5, 5.41) is 8.04. The Kier molecular flexibility index (Phi) is 6.32. The van der Waals surface area contributed by atoms with Crippen LogP contribution in [0, 0.1) is 12.7 Å². The van der Waals surface area contributed by atoms with Gasteiger partial charge in [-0.2, -0.15) is 5.10 Å². The van der Waals surface area contributed by atoms with E-state index in [1.165, 1.54) is 6.07 Å². The number of H-pyrrole nitrogens is 1. The lowest BCUT2D eigenvalue weighted by atomic mass is 9.96. The Hall–Kier alpha value is -4.21. The molecule has 2 aliphatic rings. The summed E-state index contributed by atoms with van der Waals surface area (Å²) in [6, 6.07) is 10.1. The van der Waals surface area contributed by atoms with Crippen LogP contribution in [-0.4, -0.2) is 62.8 Å². The summed E-state index contributed by atoms with van der Waals surface area (Å²) >= 11 is 0. The van der Waals surface area contributed by atoms with E-state index >= 15 is 0 Å². The van der Waals surface area contributed by atoms with Crippen molar-refractivity contribution < 1.29 is 13.9 Å². The minimum Gasteiger partial charge on any atom is -0.490 e. The number of ether oxygens (including phenoxy) is 1. The molecule has 0 unspecified atom stereocenters. The molecule has 3 heterocycles. The highest BCUT2D eigenvalue weighted by atomic mass is 19.1. The predicted molar refractivity (Wildman–Crippen MR) is 146 cm³/mol. The Balaban J connectivity index is 1.20. The number of nitrogens with one attached hydrogen (secondary N) is 1. The number of likely N-dealkylation sites (tertiary alicyclic amines) is 1. The molecule has 2 aromatic carbocycles. The molecular formula is C29H31FN6O3. The number of halogens is 1.